The number of ether oxygens (including phenoxy) is 1. The number of aromatic nitrogens is 4. The first-order valence-corrected chi connectivity index (χ1v) is 10.1. The lowest BCUT2D eigenvalue weighted by Crippen LogP contribution is -2.69. The van der Waals surface area contributed by atoms with E-state index in [1.54, 1.807) is 16.8 Å². The Hall–Kier alpha value is -2.07. The minimum absolute atomic E-state index is 0. The number of tetrazole rings is 1. The second kappa shape index (κ2) is 8.97. The molecule has 2 fully saturated rings. The molecular formula is C20H29ClN6O3. The van der Waals surface area contributed by atoms with Crippen LogP contribution < -0.4 is 10.6 Å². The number of nitrogens with one attached hydrogen (secondary N) is 2. The number of benzene rings is 1. The average molecular weight is 437 g/mol. The SMILES string of the molecule is Cc1nnnn1Cc1ccc(C(=O)N[C@]2(C)CCOC3(CCNCC3)[C@H]2O)cc1.Cl. The van der Waals surface area contributed by atoms with E-state index in [-0.39, 0.29) is 18.3 Å². The van der Waals surface area contributed by atoms with E-state index in [1.807, 2.05) is 26.0 Å². The molecule has 2 saturated heterocycles. The maximum absolute atomic E-state index is 12.9. The van der Waals surface area contributed by atoms with E-state index in [0.717, 1.165) is 37.3 Å². The van der Waals surface area contributed by atoms with Crippen molar-refractivity contribution in [3.8, 4) is 0 Å². The zero-order valence-corrected chi connectivity index (χ0v) is 18.1. The molecule has 2 aliphatic rings. The van der Waals surface area contributed by atoms with Gasteiger partial charge in [-0.25, -0.2) is 4.68 Å². The largest absolute Gasteiger partial charge is 0.388 e. The summed E-state index contributed by atoms with van der Waals surface area (Å²) in [5.41, 5.74) is 0.248. The average Bonchev–Trinajstić information content (AvgIpc) is 3.12. The summed E-state index contributed by atoms with van der Waals surface area (Å²) < 4.78 is 7.72. The van der Waals surface area contributed by atoms with E-state index < -0.39 is 17.2 Å². The van der Waals surface area contributed by atoms with Gasteiger partial charge in [-0.1, -0.05) is 12.1 Å². The van der Waals surface area contributed by atoms with Gasteiger partial charge in [0.25, 0.3) is 5.91 Å². The molecule has 9 nitrogen and oxygen atoms in total. The third kappa shape index (κ3) is 4.34. The highest BCUT2D eigenvalue weighted by atomic mass is 35.5. The molecule has 1 amide bonds. The number of halogens is 1. The summed E-state index contributed by atoms with van der Waals surface area (Å²) in [5.74, 6) is 0.544. The Morgan fingerprint density at radius 3 is 2.63 bits per heavy atom. The summed E-state index contributed by atoms with van der Waals surface area (Å²) in [6, 6.07) is 7.37. The van der Waals surface area contributed by atoms with E-state index >= 15 is 0 Å². The van der Waals surface area contributed by atoms with Gasteiger partial charge in [-0.3, -0.25) is 4.79 Å². The summed E-state index contributed by atoms with van der Waals surface area (Å²) >= 11 is 0. The van der Waals surface area contributed by atoms with Crippen molar-refractivity contribution < 1.29 is 14.6 Å². The Bertz CT molecular complexity index is 862. The molecule has 0 aliphatic carbocycles. The Kier molecular flexibility index (Phi) is 6.76. The van der Waals surface area contributed by atoms with Gasteiger partial charge in [0, 0.05) is 12.2 Å². The number of carbonyl (C=O) groups is 1. The molecule has 4 rings (SSSR count). The first-order chi connectivity index (χ1) is 13.9. The highest BCUT2D eigenvalue weighted by Gasteiger charge is 2.53. The van der Waals surface area contributed by atoms with E-state index in [9.17, 15) is 9.90 Å². The Balaban J connectivity index is 0.00000256. The van der Waals surface area contributed by atoms with Crippen LogP contribution in [0.1, 0.15) is 47.9 Å². The lowest BCUT2D eigenvalue weighted by atomic mass is 9.73. The van der Waals surface area contributed by atoms with Gasteiger partial charge in [-0.15, -0.1) is 17.5 Å². The summed E-state index contributed by atoms with van der Waals surface area (Å²) in [7, 11) is 0. The van der Waals surface area contributed by atoms with Crippen molar-refractivity contribution in [2.24, 2.45) is 0 Å². The second-order valence-corrected chi connectivity index (χ2v) is 8.27. The molecule has 0 radical (unpaired) electrons. The summed E-state index contributed by atoms with van der Waals surface area (Å²) in [6.45, 7) is 6.45. The van der Waals surface area contributed by atoms with E-state index in [4.69, 9.17) is 4.74 Å². The molecule has 164 valence electrons. The van der Waals surface area contributed by atoms with Gasteiger partial charge < -0.3 is 20.5 Å². The minimum atomic E-state index is -0.753. The second-order valence-electron chi connectivity index (χ2n) is 8.27. The summed E-state index contributed by atoms with van der Waals surface area (Å²) in [4.78, 5) is 12.9. The van der Waals surface area contributed by atoms with Crippen LogP contribution in [0, 0.1) is 6.92 Å². The van der Waals surface area contributed by atoms with Crippen molar-refractivity contribution in [3.05, 3.63) is 41.2 Å². The number of aliphatic hydroxyl groups is 1. The zero-order chi connectivity index (χ0) is 20.5. The molecule has 3 N–H and O–H groups in total. The molecular weight excluding hydrogens is 408 g/mol. The van der Waals surface area contributed by atoms with Crippen molar-refractivity contribution >= 4 is 18.3 Å². The maximum atomic E-state index is 12.9. The van der Waals surface area contributed by atoms with E-state index in [1.165, 1.54) is 0 Å². The smallest absolute Gasteiger partial charge is 0.251 e. The summed E-state index contributed by atoms with van der Waals surface area (Å²) in [6.07, 6.45) is 1.30. The number of nitrogens with zero attached hydrogens (tertiary/aromatic N) is 4. The maximum Gasteiger partial charge on any atom is 0.251 e. The Morgan fingerprint density at radius 1 is 1.30 bits per heavy atom. The van der Waals surface area contributed by atoms with E-state index in [0.29, 0.717) is 25.1 Å². The molecule has 1 aromatic heterocycles. The number of amides is 1. The molecule has 10 heteroatoms. The van der Waals surface area contributed by atoms with Crippen molar-refractivity contribution in [2.75, 3.05) is 19.7 Å². The van der Waals surface area contributed by atoms with E-state index in [2.05, 4.69) is 26.2 Å². The van der Waals surface area contributed by atoms with Gasteiger partial charge in [0.15, 0.2) is 0 Å². The molecule has 1 spiro atoms. The molecule has 1 aromatic carbocycles. The van der Waals surface area contributed by atoms with Gasteiger partial charge >= 0.3 is 0 Å². The molecule has 0 unspecified atom stereocenters. The lowest BCUT2D eigenvalue weighted by Gasteiger charge is -2.52. The van der Waals surface area contributed by atoms with Crippen LogP contribution >= 0.6 is 12.4 Å². The molecule has 2 aliphatic heterocycles. The number of hydrogen-bond acceptors (Lipinski definition) is 7. The monoisotopic (exact) mass is 436 g/mol. The Labute approximate surface area is 182 Å². The van der Waals surface area contributed by atoms with Crippen LogP contribution in [0.2, 0.25) is 0 Å². The lowest BCUT2D eigenvalue weighted by molar-refractivity contribution is -0.197. The van der Waals surface area contributed by atoms with Gasteiger partial charge in [-0.2, -0.15) is 0 Å². The normalized spacial score (nSPS) is 25.5. The fourth-order valence-corrected chi connectivity index (χ4v) is 4.32. The van der Waals surface area contributed by atoms with Crippen LogP contribution in [0.5, 0.6) is 0 Å². The fraction of sp³-hybridized carbons (Fsp3) is 0.600. The van der Waals surface area contributed by atoms with Crippen molar-refractivity contribution in [2.45, 2.75) is 56.9 Å². The predicted octanol–water partition coefficient (Wildman–Crippen LogP) is 0.844. The minimum Gasteiger partial charge on any atom is -0.388 e. The van der Waals surface area contributed by atoms with Crippen LogP contribution in [0.25, 0.3) is 0 Å². The number of aliphatic hydroxyl groups excluding tert-OH is 1. The molecule has 0 bridgehead atoms. The summed E-state index contributed by atoms with van der Waals surface area (Å²) in [5, 5.41) is 29.0. The molecule has 2 aromatic rings. The van der Waals surface area contributed by atoms with Crippen molar-refractivity contribution in [3.63, 3.8) is 0 Å². The van der Waals surface area contributed by atoms with Crippen molar-refractivity contribution in [1.82, 2.24) is 30.8 Å². The number of hydrogen-bond donors (Lipinski definition) is 3. The van der Waals surface area contributed by atoms with Gasteiger partial charge in [0.2, 0.25) is 0 Å². The van der Waals surface area contributed by atoms with Crippen LogP contribution in [0.3, 0.4) is 0 Å². The van der Waals surface area contributed by atoms with Crippen molar-refractivity contribution in [1.29, 1.82) is 0 Å². The standard InChI is InChI=1S/C20H28N6O3.ClH/c1-14-23-24-25-26(14)13-15-3-5-16(6-4-15)17(27)22-19(2)9-12-29-20(18(19)28)7-10-21-11-8-20;/h3-6,18,21,28H,7-13H2,1-2H3,(H,22,27);1H/t18-,19+;/m0./s1. The topological polar surface area (TPSA) is 114 Å². The first-order valence-electron chi connectivity index (χ1n) is 10.1. The predicted molar refractivity (Wildman–Crippen MR) is 113 cm³/mol. The van der Waals surface area contributed by atoms with Crippen LogP contribution in [-0.2, 0) is 11.3 Å². The van der Waals surface area contributed by atoms with Crippen LogP contribution in [-0.4, -0.2) is 68.2 Å². The van der Waals surface area contributed by atoms with Gasteiger partial charge in [-0.05, 0) is 74.3 Å². The third-order valence-corrected chi connectivity index (χ3v) is 6.22. The number of piperidine rings is 1. The van der Waals surface area contributed by atoms with Crippen LogP contribution in [0.15, 0.2) is 24.3 Å². The fourth-order valence-electron chi connectivity index (χ4n) is 4.32. The first kappa shape index (κ1) is 22.6. The molecule has 30 heavy (non-hydrogen) atoms. The quantitative estimate of drug-likeness (QED) is 0.650. The molecule has 0 saturated carbocycles. The zero-order valence-electron chi connectivity index (χ0n) is 17.3. The molecule has 3 heterocycles. The number of aryl methyl sites for hydroxylation is 1. The highest BCUT2D eigenvalue weighted by molar-refractivity contribution is 5.94. The van der Waals surface area contributed by atoms with Gasteiger partial charge in [0.05, 0.1) is 17.7 Å². The number of carbonyl (C=O) groups excluding carboxylic acids is 1. The highest BCUT2D eigenvalue weighted by Crippen LogP contribution is 2.38. The molecule has 2 atom stereocenters. The van der Waals surface area contributed by atoms with Crippen LogP contribution in [0.4, 0.5) is 0 Å². The number of rotatable bonds is 4. The van der Waals surface area contributed by atoms with Gasteiger partial charge in [0.1, 0.15) is 11.9 Å². The Morgan fingerprint density at radius 2 is 2.00 bits per heavy atom. The third-order valence-electron chi connectivity index (χ3n) is 6.22.